The first-order valence-electron chi connectivity index (χ1n) is 10.4. The highest BCUT2D eigenvalue weighted by Crippen LogP contribution is 2.60. The number of likely N-dealkylation sites (tertiary alicyclic amines) is 1. The van der Waals surface area contributed by atoms with Crippen molar-refractivity contribution >= 4 is 29.0 Å². The number of halogens is 2. The predicted molar refractivity (Wildman–Crippen MR) is 114 cm³/mol. The molecule has 2 bridgehead atoms. The van der Waals surface area contributed by atoms with Gasteiger partial charge in [-0.3, -0.25) is 9.69 Å². The molecular weight excluding hydrogens is 389 g/mol. The van der Waals surface area contributed by atoms with Crippen molar-refractivity contribution in [3.8, 4) is 0 Å². The minimum absolute atomic E-state index is 0.0377. The number of hydrogen-bond donors (Lipinski definition) is 0. The molecule has 0 N–H and O–H groups in total. The minimum atomic E-state index is -0.0595. The molecule has 1 heterocycles. The number of nitrogens with zero attached hydrogens (tertiary/aromatic N) is 1. The van der Waals surface area contributed by atoms with Crippen molar-refractivity contribution < 1.29 is 4.79 Å². The Hall–Kier alpha value is -1.35. The van der Waals surface area contributed by atoms with Crippen molar-refractivity contribution in [2.75, 3.05) is 13.1 Å². The molecule has 1 aliphatic heterocycles. The van der Waals surface area contributed by atoms with Crippen LogP contribution in [0.4, 0.5) is 0 Å². The zero-order valence-corrected chi connectivity index (χ0v) is 17.4. The van der Waals surface area contributed by atoms with Gasteiger partial charge in [-0.2, -0.15) is 0 Å². The van der Waals surface area contributed by atoms with Crippen molar-refractivity contribution in [2.24, 2.45) is 5.92 Å². The lowest BCUT2D eigenvalue weighted by Gasteiger charge is -2.57. The van der Waals surface area contributed by atoms with Gasteiger partial charge in [0.05, 0.1) is 0 Å². The summed E-state index contributed by atoms with van der Waals surface area (Å²) in [5.74, 6) is 0.666. The van der Waals surface area contributed by atoms with E-state index >= 15 is 0 Å². The molecule has 146 valence electrons. The Kier molecular flexibility index (Phi) is 4.77. The second-order valence-corrected chi connectivity index (χ2v) is 9.57. The Morgan fingerprint density at radius 2 is 1.32 bits per heavy atom. The number of carbonyl (C=O) groups excluding carboxylic acids is 1. The Labute approximate surface area is 176 Å². The van der Waals surface area contributed by atoms with Crippen LogP contribution in [-0.4, -0.2) is 29.3 Å². The van der Waals surface area contributed by atoms with Crippen LogP contribution in [0.1, 0.15) is 55.1 Å². The van der Waals surface area contributed by atoms with E-state index < -0.39 is 0 Å². The molecule has 4 fully saturated rings. The summed E-state index contributed by atoms with van der Waals surface area (Å²) in [5.41, 5.74) is 2.20. The smallest absolute Gasteiger partial charge is 0.139 e. The molecule has 3 saturated carbocycles. The van der Waals surface area contributed by atoms with Gasteiger partial charge < -0.3 is 0 Å². The average molecular weight is 414 g/mol. The SMILES string of the molecule is O=C1CC2(N3CCCC3)CC(c3ccccc3Cl)C1C(c1ccccc1Cl)C2. The summed E-state index contributed by atoms with van der Waals surface area (Å²) in [7, 11) is 0. The van der Waals surface area contributed by atoms with E-state index in [1.54, 1.807) is 0 Å². The summed E-state index contributed by atoms with van der Waals surface area (Å²) in [5, 5.41) is 1.56. The Morgan fingerprint density at radius 1 is 0.821 bits per heavy atom. The third-order valence-electron chi connectivity index (χ3n) is 7.33. The maximum Gasteiger partial charge on any atom is 0.139 e. The van der Waals surface area contributed by atoms with E-state index in [2.05, 4.69) is 17.0 Å². The van der Waals surface area contributed by atoms with Crippen LogP contribution in [0.15, 0.2) is 48.5 Å². The molecule has 2 aromatic rings. The highest BCUT2D eigenvalue weighted by molar-refractivity contribution is 6.31. The summed E-state index contributed by atoms with van der Waals surface area (Å²) in [4.78, 5) is 16.1. The monoisotopic (exact) mass is 413 g/mol. The minimum Gasteiger partial charge on any atom is -0.299 e. The number of rotatable bonds is 3. The third-order valence-corrected chi connectivity index (χ3v) is 8.02. The largest absolute Gasteiger partial charge is 0.299 e. The first-order valence-corrected chi connectivity index (χ1v) is 11.1. The Bertz CT molecular complexity index is 849. The lowest BCUT2D eigenvalue weighted by molar-refractivity contribution is -0.139. The van der Waals surface area contributed by atoms with Crippen LogP contribution in [0.3, 0.4) is 0 Å². The summed E-state index contributed by atoms with van der Waals surface area (Å²) >= 11 is 13.2. The number of hydrogen-bond acceptors (Lipinski definition) is 2. The Morgan fingerprint density at radius 3 is 1.82 bits per heavy atom. The van der Waals surface area contributed by atoms with E-state index in [1.165, 1.54) is 12.8 Å². The summed E-state index contributed by atoms with van der Waals surface area (Å²) in [6.45, 7) is 2.20. The molecule has 2 aromatic carbocycles. The maximum absolute atomic E-state index is 13.5. The maximum atomic E-state index is 13.5. The molecule has 28 heavy (non-hydrogen) atoms. The van der Waals surface area contributed by atoms with Crippen molar-refractivity contribution in [3.05, 3.63) is 69.7 Å². The van der Waals surface area contributed by atoms with E-state index in [9.17, 15) is 4.79 Å². The van der Waals surface area contributed by atoms with Crippen LogP contribution in [-0.2, 0) is 4.79 Å². The van der Waals surface area contributed by atoms with Gasteiger partial charge in [0, 0.05) is 27.9 Å². The van der Waals surface area contributed by atoms with Gasteiger partial charge in [0.1, 0.15) is 5.78 Å². The fourth-order valence-electron chi connectivity index (χ4n) is 6.19. The van der Waals surface area contributed by atoms with Crippen molar-refractivity contribution in [1.82, 2.24) is 4.90 Å². The molecule has 0 amide bonds. The van der Waals surface area contributed by atoms with E-state index in [4.69, 9.17) is 23.2 Å². The molecule has 4 heteroatoms. The highest BCUT2D eigenvalue weighted by atomic mass is 35.5. The molecule has 3 aliphatic carbocycles. The molecule has 2 nitrogen and oxygen atoms in total. The molecule has 1 saturated heterocycles. The van der Waals surface area contributed by atoms with E-state index in [0.29, 0.717) is 12.2 Å². The average Bonchev–Trinajstić information content (AvgIpc) is 3.24. The molecule has 2 unspecified atom stereocenters. The quantitative estimate of drug-likeness (QED) is 0.607. The second kappa shape index (κ2) is 7.16. The lowest BCUT2D eigenvalue weighted by Crippen LogP contribution is -2.60. The lowest BCUT2D eigenvalue weighted by atomic mass is 9.52. The third kappa shape index (κ3) is 2.93. The van der Waals surface area contributed by atoms with Crippen molar-refractivity contribution in [3.63, 3.8) is 0 Å². The molecular formula is C24H25Cl2NO. The molecule has 0 spiro atoms. The molecule has 0 aromatic heterocycles. The number of Topliss-reactive ketones (excluding diaryl/α,β-unsaturated/α-hetero) is 1. The molecule has 2 atom stereocenters. The standard InChI is InChI=1S/C24H25Cl2NO/c25-20-9-3-1-7-16(20)18-13-24(27-11-5-6-12-27)14-19(23(18)22(28)15-24)17-8-2-4-10-21(17)26/h1-4,7-10,18-19,23H,5-6,11-15H2. The first kappa shape index (κ1) is 18.7. The zero-order valence-electron chi connectivity index (χ0n) is 15.9. The summed E-state index contributed by atoms with van der Waals surface area (Å²) in [6.07, 6.45) is 5.18. The van der Waals surface area contributed by atoms with Crippen LogP contribution < -0.4 is 0 Å². The second-order valence-electron chi connectivity index (χ2n) is 8.75. The predicted octanol–water partition coefficient (Wildman–Crippen LogP) is 6.08. The first-order chi connectivity index (χ1) is 13.6. The van der Waals surface area contributed by atoms with Crippen LogP contribution in [0.25, 0.3) is 0 Å². The van der Waals surface area contributed by atoms with Gasteiger partial charge in [-0.25, -0.2) is 0 Å². The Balaban J connectivity index is 1.64. The van der Waals surface area contributed by atoms with Crippen LogP contribution in [0.5, 0.6) is 0 Å². The van der Waals surface area contributed by atoms with Gasteiger partial charge in [-0.1, -0.05) is 59.6 Å². The van der Waals surface area contributed by atoms with Gasteiger partial charge in [0.2, 0.25) is 0 Å². The number of fused-ring (bicyclic) bond motifs is 3. The normalized spacial score (nSPS) is 32.8. The van der Waals surface area contributed by atoms with Crippen LogP contribution in [0, 0.1) is 5.92 Å². The fourth-order valence-corrected chi connectivity index (χ4v) is 6.74. The van der Waals surface area contributed by atoms with Gasteiger partial charge in [-0.05, 0) is 73.9 Å². The molecule has 6 rings (SSSR count). The van der Waals surface area contributed by atoms with E-state index in [1.807, 2.05) is 36.4 Å². The van der Waals surface area contributed by atoms with Gasteiger partial charge in [-0.15, -0.1) is 0 Å². The highest BCUT2D eigenvalue weighted by Gasteiger charge is 2.58. The zero-order chi connectivity index (χ0) is 19.3. The van der Waals surface area contributed by atoms with Gasteiger partial charge >= 0.3 is 0 Å². The summed E-state index contributed by atoms with van der Waals surface area (Å²) < 4.78 is 0. The van der Waals surface area contributed by atoms with Gasteiger partial charge in [0.25, 0.3) is 0 Å². The number of carbonyl (C=O) groups is 1. The topological polar surface area (TPSA) is 20.3 Å². The van der Waals surface area contributed by atoms with E-state index in [-0.39, 0.29) is 23.3 Å². The van der Waals surface area contributed by atoms with Crippen LogP contribution >= 0.6 is 23.2 Å². The number of ketones is 1. The van der Waals surface area contributed by atoms with Crippen LogP contribution in [0.2, 0.25) is 10.0 Å². The van der Waals surface area contributed by atoms with Crippen molar-refractivity contribution in [1.29, 1.82) is 0 Å². The number of benzene rings is 2. The molecule has 4 aliphatic rings. The molecule has 0 radical (unpaired) electrons. The summed E-state index contributed by atoms with van der Waals surface area (Å²) in [6, 6.07) is 16.2. The van der Waals surface area contributed by atoms with E-state index in [0.717, 1.165) is 47.1 Å². The fraction of sp³-hybridized carbons (Fsp3) is 0.458. The van der Waals surface area contributed by atoms with Crippen molar-refractivity contribution in [2.45, 2.75) is 49.5 Å². The van der Waals surface area contributed by atoms with Gasteiger partial charge in [0.15, 0.2) is 0 Å².